The van der Waals surface area contributed by atoms with Crippen LogP contribution in [-0.4, -0.2) is 82.7 Å². The number of methoxy groups -OCH3 is 1. The number of ether oxygens (including phenoxy) is 1. The van der Waals surface area contributed by atoms with Gasteiger partial charge in [-0.05, 0) is 32.0 Å². The summed E-state index contributed by atoms with van der Waals surface area (Å²) in [5, 5.41) is 3.83. The number of carbonyl (C=O) groups is 3. The van der Waals surface area contributed by atoms with Crippen molar-refractivity contribution in [1.82, 2.24) is 30.1 Å². The molecule has 1 atom stereocenters. The normalized spacial score (nSPS) is 14.8. The molecule has 3 heterocycles. The summed E-state index contributed by atoms with van der Waals surface area (Å²) >= 11 is 0. The lowest BCUT2D eigenvalue weighted by Crippen LogP contribution is -2.52. The van der Waals surface area contributed by atoms with Gasteiger partial charge >= 0.3 is 11.8 Å². The first-order valence-corrected chi connectivity index (χ1v) is 13.7. The van der Waals surface area contributed by atoms with Gasteiger partial charge < -0.3 is 24.8 Å². The van der Waals surface area contributed by atoms with Crippen molar-refractivity contribution in [3.63, 3.8) is 0 Å². The summed E-state index contributed by atoms with van der Waals surface area (Å²) in [6.07, 6.45) is 5.82. The third-order valence-electron chi connectivity index (χ3n) is 7.23. The number of imidazole rings is 1. The average Bonchev–Trinajstić information content (AvgIpc) is 3.46. The molecular formula is C29H38N6O4. The number of nitrogens with zero attached hydrogens (tertiary/aromatic N) is 4. The van der Waals surface area contributed by atoms with Crippen molar-refractivity contribution in [1.29, 1.82) is 0 Å². The Bertz CT molecular complexity index is 1300. The van der Waals surface area contributed by atoms with Crippen LogP contribution in [-0.2, 0) is 14.4 Å². The van der Waals surface area contributed by atoms with Crippen LogP contribution in [0.5, 0.6) is 5.75 Å². The van der Waals surface area contributed by atoms with E-state index in [1.807, 2.05) is 44.3 Å². The van der Waals surface area contributed by atoms with E-state index in [2.05, 4.69) is 20.2 Å². The fraction of sp³-hybridized carbons (Fsp3) is 0.483. The number of likely N-dealkylation sites (N-methyl/N-ethyl adjacent to an activating group) is 1. The summed E-state index contributed by atoms with van der Waals surface area (Å²) in [7, 11) is 3.63. The number of aromatic nitrogens is 3. The fourth-order valence-electron chi connectivity index (χ4n) is 4.77. The maximum Gasteiger partial charge on any atom is 0.311 e. The third-order valence-corrected chi connectivity index (χ3v) is 7.23. The van der Waals surface area contributed by atoms with Crippen LogP contribution in [0.3, 0.4) is 0 Å². The number of benzene rings is 1. The first-order valence-electron chi connectivity index (χ1n) is 13.7. The van der Waals surface area contributed by atoms with E-state index < -0.39 is 17.9 Å². The molecule has 0 aliphatic carbocycles. The zero-order valence-electron chi connectivity index (χ0n) is 23.0. The molecule has 2 aromatic heterocycles. The number of H-pyrrole nitrogens is 1. The van der Waals surface area contributed by atoms with Crippen LogP contribution in [0.4, 0.5) is 0 Å². The standard InChI is InChI=1S/C29H38N6O4/c1-4-20(36)10-6-5-7-13-23(33-28(37)29(38)35-16-14-34(2)15-17-35)27-30-19-25(32-27)24-18-26(39-3)21-11-8-9-12-22(21)31-24/h8-9,11-12,18-19,23H,4-7,10,13-17H2,1-3H3,(H,30,32)(H,33,37)/t23-/m0/s1. The van der Waals surface area contributed by atoms with E-state index in [1.54, 1.807) is 18.2 Å². The Hall–Kier alpha value is -3.79. The number of ketones is 1. The highest BCUT2D eigenvalue weighted by Crippen LogP contribution is 2.30. The van der Waals surface area contributed by atoms with Crippen LogP contribution in [0.2, 0.25) is 0 Å². The predicted octanol–water partition coefficient (Wildman–Crippen LogP) is 3.49. The summed E-state index contributed by atoms with van der Waals surface area (Å²) in [4.78, 5) is 53.9. The highest BCUT2D eigenvalue weighted by atomic mass is 16.5. The topological polar surface area (TPSA) is 121 Å². The number of piperazine rings is 1. The van der Waals surface area contributed by atoms with Crippen molar-refractivity contribution in [2.24, 2.45) is 0 Å². The Labute approximate surface area is 229 Å². The molecule has 4 rings (SSSR count). The van der Waals surface area contributed by atoms with Gasteiger partial charge in [0.15, 0.2) is 0 Å². The zero-order chi connectivity index (χ0) is 27.8. The summed E-state index contributed by atoms with van der Waals surface area (Å²) in [5.41, 5.74) is 2.15. The number of carbonyl (C=O) groups excluding carboxylic acids is 3. The molecule has 1 aliphatic heterocycles. The molecule has 39 heavy (non-hydrogen) atoms. The molecule has 3 aromatic rings. The Morgan fingerprint density at radius 1 is 1.10 bits per heavy atom. The largest absolute Gasteiger partial charge is 0.496 e. The molecule has 0 saturated carbocycles. The summed E-state index contributed by atoms with van der Waals surface area (Å²) in [6.45, 7) is 4.41. The van der Waals surface area contributed by atoms with Crippen molar-refractivity contribution in [2.75, 3.05) is 40.3 Å². The first-order chi connectivity index (χ1) is 18.9. The van der Waals surface area contributed by atoms with Gasteiger partial charge in [-0.25, -0.2) is 9.97 Å². The fourth-order valence-corrected chi connectivity index (χ4v) is 4.77. The maximum absolute atomic E-state index is 13.0. The van der Waals surface area contributed by atoms with Gasteiger partial charge in [0, 0.05) is 50.5 Å². The molecule has 2 N–H and O–H groups in total. The molecule has 10 nitrogen and oxygen atoms in total. The van der Waals surface area contributed by atoms with Gasteiger partial charge in [0.05, 0.1) is 36.3 Å². The number of unbranched alkanes of at least 4 members (excludes halogenated alkanes) is 2. The Morgan fingerprint density at radius 2 is 1.87 bits per heavy atom. The molecule has 208 valence electrons. The molecule has 1 aromatic carbocycles. The van der Waals surface area contributed by atoms with Crippen LogP contribution < -0.4 is 10.1 Å². The molecular weight excluding hydrogens is 496 g/mol. The highest BCUT2D eigenvalue weighted by molar-refractivity contribution is 6.35. The van der Waals surface area contributed by atoms with Crippen molar-refractivity contribution >= 4 is 28.5 Å². The Balaban J connectivity index is 1.51. The second-order valence-electron chi connectivity index (χ2n) is 10.0. The van der Waals surface area contributed by atoms with E-state index in [-0.39, 0.29) is 5.78 Å². The lowest BCUT2D eigenvalue weighted by molar-refractivity contribution is -0.147. The van der Waals surface area contributed by atoms with Crippen LogP contribution in [0.25, 0.3) is 22.3 Å². The molecule has 0 bridgehead atoms. The minimum absolute atomic E-state index is 0.256. The van der Waals surface area contributed by atoms with E-state index >= 15 is 0 Å². The van der Waals surface area contributed by atoms with Crippen LogP contribution in [0.1, 0.15) is 57.3 Å². The number of fused-ring (bicyclic) bond motifs is 1. The number of amides is 2. The lowest BCUT2D eigenvalue weighted by Gasteiger charge is -2.32. The second kappa shape index (κ2) is 13.3. The van der Waals surface area contributed by atoms with E-state index in [1.165, 1.54) is 0 Å². The lowest BCUT2D eigenvalue weighted by atomic mass is 10.0. The number of rotatable bonds is 11. The van der Waals surface area contributed by atoms with E-state index in [0.717, 1.165) is 43.3 Å². The van der Waals surface area contributed by atoms with Gasteiger partial charge in [0.2, 0.25) is 0 Å². The van der Waals surface area contributed by atoms with E-state index in [4.69, 9.17) is 9.72 Å². The third kappa shape index (κ3) is 7.20. The summed E-state index contributed by atoms with van der Waals surface area (Å²) < 4.78 is 5.59. The number of nitrogens with one attached hydrogen (secondary N) is 2. The molecule has 0 radical (unpaired) electrons. The Morgan fingerprint density at radius 3 is 2.62 bits per heavy atom. The minimum Gasteiger partial charge on any atom is -0.496 e. The summed E-state index contributed by atoms with van der Waals surface area (Å²) in [5.74, 6) is 0.370. The van der Waals surface area contributed by atoms with E-state index in [9.17, 15) is 14.4 Å². The monoisotopic (exact) mass is 534 g/mol. The minimum atomic E-state index is -0.630. The summed E-state index contributed by atoms with van der Waals surface area (Å²) in [6, 6.07) is 9.12. The van der Waals surface area contributed by atoms with Gasteiger partial charge in [-0.15, -0.1) is 0 Å². The molecule has 1 saturated heterocycles. The second-order valence-corrected chi connectivity index (χ2v) is 10.0. The quantitative estimate of drug-likeness (QED) is 0.285. The number of hydrogen-bond donors (Lipinski definition) is 2. The molecule has 0 spiro atoms. The maximum atomic E-state index is 13.0. The Kier molecular flexibility index (Phi) is 9.64. The molecule has 10 heteroatoms. The number of Topliss-reactive ketones (excluding diaryl/α,β-unsaturated/α-hetero) is 1. The molecule has 2 amide bonds. The van der Waals surface area contributed by atoms with Crippen LogP contribution >= 0.6 is 0 Å². The zero-order valence-corrected chi connectivity index (χ0v) is 23.0. The SMILES string of the molecule is CCC(=O)CCCCC[C@H](NC(=O)C(=O)N1CCN(C)CC1)c1ncc(-c2cc(OC)c3ccccc3n2)[nH]1. The molecule has 1 fully saturated rings. The van der Waals surface area contributed by atoms with E-state index in [0.29, 0.717) is 55.3 Å². The number of pyridine rings is 1. The van der Waals surface area contributed by atoms with Crippen molar-refractivity contribution < 1.29 is 19.1 Å². The highest BCUT2D eigenvalue weighted by Gasteiger charge is 2.28. The first kappa shape index (κ1) is 28.2. The van der Waals surface area contributed by atoms with Gasteiger partial charge in [-0.1, -0.05) is 31.9 Å². The smallest absolute Gasteiger partial charge is 0.311 e. The average molecular weight is 535 g/mol. The van der Waals surface area contributed by atoms with Crippen LogP contribution in [0.15, 0.2) is 36.5 Å². The van der Waals surface area contributed by atoms with Crippen molar-refractivity contribution in [2.45, 2.75) is 51.5 Å². The van der Waals surface area contributed by atoms with Gasteiger partial charge in [-0.2, -0.15) is 0 Å². The number of hydrogen-bond acceptors (Lipinski definition) is 7. The van der Waals surface area contributed by atoms with Gasteiger partial charge in [0.1, 0.15) is 17.4 Å². The van der Waals surface area contributed by atoms with Crippen molar-refractivity contribution in [3.8, 4) is 17.1 Å². The predicted molar refractivity (Wildman–Crippen MR) is 149 cm³/mol. The van der Waals surface area contributed by atoms with Gasteiger partial charge in [-0.3, -0.25) is 14.4 Å². The molecule has 0 unspecified atom stereocenters. The van der Waals surface area contributed by atoms with Gasteiger partial charge in [0.25, 0.3) is 0 Å². The number of para-hydroxylation sites is 1. The number of aromatic amines is 1. The van der Waals surface area contributed by atoms with Crippen molar-refractivity contribution in [3.05, 3.63) is 42.4 Å². The molecule has 1 aliphatic rings. The van der Waals surface area contributed by atoms with Crippen LogP contribution in [0, 0.1) is 0 Å².